The van der Waals surface area contributed by atoms with E-state index in [0.717, 1.165) is 0 Å². The maximum absolute atomic E-state index is 10.4. The second-order valence-electron chi connectivity index (χ2n) is 12.3. The van der Waals surface area contributed by atoms with Gasteiger partial charge in [-0.2, -0.15) is 0 Å². The van der Waals surface area contributed by atoms with Crippen LogP contribution in [0.15, 0.2) is 0 Å². The molecule has 1 unspecified atom stereocenters. The first kappa shape index (κ1) is 36.9. The van der Waals surface area contributed by atoms with Crippen molar-refractivity contribution in [3.8, 4) is 0 Å². The highest BCUT2D eigenvalue weighted by Crippen LogP contribution is 2.22. The molecule has 0 fully saturated rings. The van der Waals surface area contributed by atoms with Crippen LogP contribution in [0.5, 0.6) is 0 Å². The molecule has 0 aromatic heterocycles. The zero-order chi connectivity index (χ0) is 27.1. The maximum Gasteiger partial charge on any atom is 0.0690 e. The average molecular weight is 524 g/mol. The maximum atomic E-state index is 10.4. The van der Waals surface area contributed by atoms with E-state index in [-0.39, 0.29) is 6.10 Å². The molecule has 0 bridgehead atoms. The molecule has 0 saturated heterocycles. The molecule has 1 atom stereocenters. The lowest BCUT2D eigenvalue weighted by atomic mass is 9.89. The van der Waals surface area contributed by atoms with Gasteiger partial charge in [-0.15, -0.1) is 0 Å². The molecule has 0 spiro atoms. The lowest BCUT2D eigenvalue weighted by Crippen LogP contribution is -2.29. The van der Waals surface area contributed by atoms with Crippen molar-refractivity contribution in [2.24, 2.45) is 11.7 Å². The van der Waals surface area contributed by atoms with Crippen LogP contribution in [0.4, 0.5) is 0 Å². The molecule has 0 aromatic carbocycles. The zero-order valence-electron chi connectivity index (χ0n) is 26.1. The number of hydrogen-bond donors (Lipinski definition) is 2. The van der Waals surface area contributed by atoms with Gasteiger partial charge in [-0.25, -0.2) is 0 Å². The third-order valence-electron chi connectivity index (χ3n) is 8.64. The molecule has 0 aliphatic carbocycles. The molecule has 0 saturated carbocycles. The van der Waals surface area contributed by atoms with Crippen molar-refractivity contribution in [2.45, 2.75) is 213 Å². The van der Waals surface area contributed by atoms with Gasteiger partial charge in [0.1, 0.15) is 0 Å². The van der Waals surface area contributed by atoms with Crippen LogP contribution in [-0.4, -0.2) is 17.8 Å². The number of hydrogen-bond acceptors (Lipinski definition) is 2. The zero-order valence-corrected chi connectivity index (χ0v) is 26.1. The first-order chi connectivity index (χ1) is 18.3. The molecule has 2 nitrogen and oxygen atoms in total. The van der Waals surface area contributed by atoms with E-state index in [1.165, 1.54) is 193 Å². The first-order valence-electron chi connectivity index (χ1n) is 17.6. The molecule has 2 heteroatoms. The summed E-state index contributed by atoms with van der Waals surface area (Å²) in [6.45, 7) is 5.02. The lowest BCUT2D eigenvalue weighted by Gasteiger charge is -2.22. The van der Waals surface area contributed by atoms with E-state index in [4.69, 9.17) is 5.73 Å². The third-order valence-corrected chi connectivity index (χ3v) is 8.64. The normalized spacial score (nSPS) is 12.6. The van der Waals surface area contributed by atoms with E-state index in [9.17, 15) is 5.11 Å². The standard InChI is InChI=1S/C35H73NO/c1-3-5-7-9-11-13-15-17-19-21-23-25-27-29-31-34(35(37)33-36)32-30-28-26-24-22-20-18-16-14-12-10-8-6-4-2/h34-35,37H,3-33,36H2,1-2H3. The molecule has 0 aliphatic rings. The highest BCUT2D eigenvalue weighted by Gasteiger charge is 2.17. The summed E-state index contributed by atoms with van der Waals surface area (Å²) < 4.78 is 0. The summed E-state index contributed by atoms with van der Waals surface area (Å²) in [6, 6.07) is 0. The summed E-state index contributed by atoms with van der Waals surface area (Å²) in [4.78, 5) is 0. The van der Waals surface area contributed by atoms with Crippen molar-refractivity contribution in [3.63, 3.8) is 0 Å². The second kappa shape index (κ2) is 32.1. The van der Waals surface area contributed by atoms with Crippen molar-refractivity contribution in [3.05, 3.63) is 0 Å². The fourth-order valence-corrected chi connectivity index (χ4v) is 5.92. The van der Waals surface area contributed by atoms with Gasteiger partial charge in [-0.3, -0.25) is 0 Å². The number of rotatable bonds is 32. The number of unbranched alkanes of at least 4 members (excludes halogenated alkanes) is 26. The van der Waals surface area contributed by atoms with Gasteiger partial charge < -0.3 is 10.8 Å². The topological polar surface area (TPSA) is 46.2 Å². The van der Waals surface area contributed by atoms with Crippen molar-refractivity contribution < 1.29 is 5.11 Å². The summed E-state index contributed by atoms with van der Waals surface area (Å²) in [6.07, 6.45) is 41.5. The Morgan fingerprint density at radius 2 is 0.595 bits per heavy atom. The van der Waals surface area contributed by atoms with Crippen LogP contribution >= 0.6 is 0 Å². The van der Waals surface area contributed by atoms with E-state index in [1.54, 1.807) is 0 Å². The van der Waals surface area contributed by atoms with E-state index in [2.05, 4.69) is 13.8 Å². The number of nitrogens with two attached hydrogens (primary N) is 1. The monoisotopic (exact) mass is 524 g/mol. The Labute approximate surface area is 235 Å². The van der Waals surface area contributed by atoms with Gasteiger partial charge in [0.05, 0.1) is 6.10 Å². The van der Waals surface area contributed by atoms with Crippen LogP contribution in [-0.2, 0) is 0 Å². The Hall–Kier alpha value is -0.0800. The van der Waals surface area contributed by atoms with E-state index >= 15 is 0 Å². The molecule has 0 aliphatic heterocycles. The van der Waals surface area contributed by atoms with E-state index in [1.807, 2.05) is 0 Å². The number of aliphatic hydroxyl groups excluding tert-OH is 1. The van der Waals surface area contributed by atoms with Gasteiger partial charge in [0.25, 0.3) is 0 Å². The third kappa shape index (κ3) is 28.7. The Morgan fingerprint density at radius 3 is 0.811 bits per heavy atom. The van der Waals surface area contributed by atoms with Crippen LogP contribution in [0.2, 0.25) is 0 Å². The smallest absolute Gasteiger partial charge is 0.0690 e. The van der Waals surface area contributed by atoms with Crippen LogP contribution < -0.4 is 5.73 Å². The van der Waals surface area contributed by atoms with Crippen LogP contribution in [0.1, 0.15) is 206 Å². The second-order valence-corrected chi connectivity index (χ2v) is 12.3. The summed E-state index contributed by atoms with van der Waals surface area (Å²) in [7, 11) is 0. The summed E-state index contributed by atoms with van der Waals surface area (Å²) in [5.41, 5.74) is 5.82. The van der Waals surface area contributed by atoms with E-state index < -0.39 is 0 Å². The van der Waals surface area contributed by atoms with E-state index in [0.29, 0.717) is 12.5 Å². The van der Waals surface area contributed by atoms with Crippen LogP contribution in [0.25, 0.3) is 0 Å². The van der Waals surface area contributed by atoms with Gasteiger partial charge in [-0.1, -0.05) is 194 Å². The molecule has 3 N–H and O–H groups in total. The van der Waals surface area contributed by atoms with Gasteiger partial charge in [0.15, 0.2) is 0 Å². The van der Waals surface area contributed by atoms with Crippen LogP contribution in [0.3, 0.4) is 0 Å². The fourth-order valence-electron chi connectivity index (χ4n) is 5.92. The Bertz CT molecular complexity index is 367. The minimum atomic E-state index is -0.288. The highest BCUT2D eigenvalue weighted by atomic mass is 16.3. The predicted octanol–water partition coefficient (Wildman–Crippen LogP) is 11.7. The van der Waals surface area contributed by atoms with Crippen molar-refractivity contribution >= 4 is 0 Å². The van der Waals surface area contributed by atoms with Gasteiger partial charge in [-0.05, 0) is 18.8 Å². The Morgan fingerprint density at radius 1 is 0.378 bits per heavy atom. The molecular weight excluding hydrogens is 450 g/mol. The van der Waals surface area contributed by atoms with Crippen molar-refractivity contribution in [2.75, 3.05) is 6.54 Å². The molecule has 0 aromatic rings. The molecule has 224 valence electrons. The van der Waals surface area contributed by atoms with Gasteiger partial charge >= 0.3 is 0 Å². The molecule has 0 heterocycles. The largest absolute Gasteiger partial charge is 0.392 e. The lowest BCUT2D eigenvalue weighted by molar-refractivity contribution is 0.101. The van der Waals surface area contributed by atoms with Gasteiger partial charge in [0.2, 0.25) is 0 Å². The molecular formula is C35H73NO. The summed E-state index contributed by atoms with van der Waals surface area (Å²) in [5, 5.41) is 10.4. The Kier molecular flexibility index (Phi) is 32.1. The predicted molar refractivity (Wildman–Crippen MR) is 168 cm³/mol. The van der Waals surface area contributed by atoms with Crippen LogP contribution in [0, 0.1) is 5.92 Å². The molecule has 0 rings (SSSR count). The minimum Gasteiger partial charge on any atom is -0.392 e. The minimum absolute atomic E-state index is 0.288. The fraction of sp³-hybridized carbons (Fsp3) is 1.00. The summed E-state index contributed by atoms with van der Waals surface area (Å²) >= 11 is 0. The Balaban J connectivity index is 3.50. The first-order valence-corrected chi connectivity index (χ1v) is 17.6. The van der Waals surface area contributed by atoms with Crippen molar-refractivity contribution in [1.82, 2.24) is 0 Å². The molecule has 0 radical (unpaired) electrons. The number of aliphatic hydroxyl groups is 1. The molecule has 0 amide bonds. The molecule has 37 heavy (non-hydrogen) atoms. The average Bonchev–Trinajstić information content (AvgIpc) is 2.91. The SMILES string of the molecule is CCCCCCCCCCCCCCCCC(CCCCCCCCCCCCCCCC)C(O)CN. The highest BCUT2D eigenvalue weighted by molar-refractivity contribution is 4.70. The van der Waals surface area contributed by atoms with Gasteiger partial charge in [0, 0.05) is 6.54 Å². The summed E-state index contributed by atoms with van der Waals surface area (Å²) in [5.74, 6) is 0.430. The quantitative estimate of drug-likeness (QED) is 0.0861. The van der Waals surface area contributed by atoms with Crippen molar-refractivity contribution in [1.29, 1.82) is 0 Å².